The van der Waals surface area contributed by atoms with Crippen molar-refractivity contribution >= 4 is 15.7 Å². The van der Waals surface area contributed by atoms with Gasteiger partial charge in [0, 0.05) is 23.5 Å². The Morgan fingerprint density at radius 2 is 1.55 bits per heavy atom. The van der Waals surface area contributed by atoms with Gasteiger partial charge in [-0.1, -0.05) is 6.07 Å². The van der Waals surface area contributed by atoms with E-state index in [1.54, 1.807) is 24.3 Å². The summed E-state index contributed by atoms with van der Waals surface area (Å²) in [6.07, 6.45) is 0. The number of methoxy groups -OCH3 is 2. The highest BCUT2D eigenvalue weighted by atomic mass is 32.2. The summed E-state index contributed by atoms with van der Waals surface area (Å²) in [5.74, 6) is 1.16. The SMILES string of the molecule is COc1ccc(S(=O)(=O)Nc2cccc(Oc3nc(C)cc(C)n3)c2)cc1OC. The Kier molecular flexibility index (Phi) is 5.88. The molecular weight excluding hydrogens is 394 g/mol. The molecule has 0 radical (unpaired) electrons. The van der Waals surface area contributed by atoms with Gasteiger partial charge in [0.1, 0.15) is 5.75 Å². The third kappa shape index (κ3) is 4.94. The molecule has 3 rings (SSSR count). The summed E-state index contributed by atoms with van der Waals surface area (Å²) in [5.41, 5.74) is 1.89. The van der Waals surface area contributed by atoms with Gasteiger partial charge in [-0.25, -0.2) is 18.4 Å². The number of anilines is 1. The third-order valence-corrected chi connectivity index (χ3v) is 5.30. The Morgan fingerprint density at radius 1 is 0.862 bits per heavy atom. The summed E-state index contributed by atoms with van der Waals surface area (Å²) in [6.45, 7) is 3.68. The first-order chi connectivity index (χ1) is 13.8. The first-order valence-corrected chi connectivity index (χ1v) is 10.1. The number of hydrogen-bond acceptors (Lipinski definition) is 7. The molecule has 8 nitrogen and oxygen atoms in total. The van der Waals surface area contributed by atoms with Gasteiger partial charge in [0.05, 0.1) is 24.8 Å². The van der Waals surface area contributed by atoms with Crippen LogP contribution in [0.25, 0.3) is 0 Å². The molecule has 1 N–H and O–H groups in total. The van der Waals surface area contributed by atoms with Crippen LogP contribution in [-0.2, 0) is 10.0 Å². The highest BCUT2D eigenvalue weighted by Gasteiger charge is 2.17. The summed E-state index contributed by atoms with van der Waals surface area (Å²) in [6, 6.07) is 12.9. The standard InChI is InChI=1S/C20H21N3O5S/c1-13-10-14(2)22-20(21-13)28-16-7-5-6-15(11-16)23-29(24,25)17-8-9-18(26-3)19(12-17)27-4/h5-12,23H,1-4H3. The van der Waals surface area contributed by atoms with Crippen LogP contribution < -0.4 is 18.9 Å². The molecule has 0 saturated carbocycles. The monoisotopic (exact) mass is 415 g/mol. The second kappa shape index (κ2) is 8.36. The average Bonchev–Trinajstić information content (AvgIpc) is 2.66. The summed E-state index contributed by atoms with van der Waals surface area (Å²) < 4.78 is 44.0. The number of aryl methyl sites for hydroxylation is 2. The van der Waals surface area contributed by atoms with E-state index in [0.29, 0.717) is 22.9 Å². The summed E-state index contributed by atoms with van der Waals surface area (Å²) in [4.78, 5) is 8.48. The lowest BCUT2D eigenvalue weighted by molar-refractivity contribution is 0.354. The zero-order valence-electron chi connectivity index (χ0n) is 16.5. The smallest absolute Gasteiger partial charge is 0.322 e. The van der Waals surface area contributed by atoms with Crippen LogP contribution in [0.2, 0.25) is 0 Å². The van der Waals surface area contributed by atoms with Crippen LogP contribution in [0.5, 0.6) is 23.3 Å². The van der Waals surface area contributed by atoms with Crippen molar-refractivity contribution < 1.29 is 22.6 Å². The molecule has 9 heteroatoms. The Hall–Kier alpha value is -3.33. The molecule has 0 amide bonds. The molecule has 0 unspecified atom stereocenters. The minimum absolute atomic E-state index is 0.0408. The van der Waals surface area contributed by atoms with E-state index in [2.05, 4.69) is 14.7 Å². The van der Waals surface area contributed by atoms with Gasteiger partial charge in [0.25, 0.3) is 10.0 Å². The van der Waals surface area contributed by atoms with Gasteiger partial charge < -0.3 is 14.2 Å². The van der Waals surface area contributed by atoms with Crippen molar-refractivity contribution in [2.45, 2.75) is 18.7 Å². The van der Waals surface area contributed by atoms with Crippen molar-refractivity contribution in [3.63, 3.8) is 0 Å². The maximum absolute atomic E-state index is 12.8. The van der Waals surface area contributed by atoms with Gasteiger partial charge in [-0.05, 0) is 44.2 Å². The molecule has 29 heavy (non-hydrogen) atoms. The number of sulfonamides is 1. The maximum Gasteiger partial charge on any atom is 0.322 e. The second-order valence-electron chi connectivity index (χ2n) is 6.19. The Morgan fingerprint density at radius 3 is 2.21 bits per heavy atom. The molecule has 0 spiro atoms. The van der Waals surface area contributed by atoms with Crippen molar-refractivity contribution in [3.05, 3.63) is 59.9 Å². The number of nitrogens with one attached hydrogen (secondary N) is 1. The van der Waals surface area contributed by atoms with Gasteiger partial charge in [0.2, 0.25) is 0 Å². The van der Waals surface area contributed by atoms with E-state index in [1.165, 1.54) is 32.4 Å². The summed E-state index contributed by atoms with van der Waals surface area (Å²) in [7, 11) is -0.923. The molecular formula is C20H21N3O5S. The predicted molar refractivity (Wildman–Crippen MR) is 108 cm³/mol. The summed E-state index contributed by atoms with van der Waals surface area (Å²) >= 11 is 0. The first kappa shape index (κ1) is 20.4. The number of aromatic nitrogens is 2. The van der Waals surface area contributed by atoms with Crippen molar-refractivity contribution in [3.8, 4) is 23.3 Å². The zero-order valence-corrected chi connectivity index (χ0v) is 17.3. The molecule has 0 aliphatic carbocycles. The van der Waals surface area contributed by atoms with Crippen molar-refractivity contribution in [1.29, 1.82) is 0 Å². The Bertz CT molecular complexity index is 1110. The van der Waals surface area contributed by atoms with E-state index in [-0.39, 0.29) is 10.9 Å². The molecule has 0 aliphatic rings. The van der Waals surface area contributed by atoms with Gasteiger partial charge in [-0.15, -0.1) is 0 Å². The quantitative estimate of drug-likeness (QED) is 0.628. The van der Waals surface area contributed by atoms with Gasteiger partial charge in [-0.2, -0.15) is 0 Å². The Balaban J connectivity index is 1.84. The van der Waals surface area contributed by atoms with Crippen molar-refractivity contribution in [2.75, 3.05) is 18.9 Å². The average molecular weight is 415 g/mol. The largest absolute Gasteiger partial charge is 0.493 e. The summed E-state index contributed by atoms with van der Waals surface area (Å²) in [5, 5.41) is 0. The predicted octanol–water partition coefficient (Wildman–Crippen LogP) is 3.70. The molecule has 0 aliphatic heterocycles. The lowest BCUT2D eigenvalue weighted by Crippen LogP contribution is -2.13. The maximum atomic E-state index is 12.8. The van der Waals surface area contributed by atoms with Crippen LogP contribution in [0.15, 0.2) is 53.4 Å². The Labute approximate surface area is 169 Å². The first-order valence-electron chi connectivity index (χ1n) is 8.66. The van der Waals surface area contributed by atoms with Crippen LogP contribution in [-0.4, -0.2) is 32.6 Å². The number of ether oxygens (including phenoxy) is 3. The second-order valence-corrected chi connectivity index (χ2v) is 7.87. The number of nitrogens with zero attached hydrogens (tertiary/aromatic N) is 2. The molecule has 0 bridgehead atoms. The molecule has 3 aromatic rings. The zero-order chi connectivity index (χ0) is 21.0. The minimum atomic E-state index is -3.85. The lowest BCUT2D eigenvalue weighted by Gasteiger charge is -2.12. The molecule has 1 aromatic heterocycles. The van der Waals surface area contributed by atoms with Gasteiger partial charge >= 0.3 is 6.01 Å². The van der Waals surface area contributed by atoms with E-state index < -0.39 is 10.0 Å². The van der Waals surface area contributed by atoms with E-state index in [9.17, 15) is 8.42 Å². The van der Waals surface area contributed by atoms with E-state index in [0.717, 1.165) is 11.4 Å². The number of rotatable bonds is 7. The normalized spacial score (nSPS) is 11.0. The van der Waals surface area contributed by atoms with Gasteiger partial charge in [0.15, 0.2) is 11.5 Å². The lowest BCUT2D eigenvalue weighted by atomic mass is 10.3. The molecule has 2 aromatic carbocycles. The van der Waals surface area contributed by atoms with Crippen LogP contribution in [0.1, 0.15) is 11.4 Å². The molecule has 152 valence electrons. The van der Waals surface area contributed by atoms with Crippen LogP contribution in [0.3, 0.4) is 0 Å². The van der Waals surface area contributed by atoms with Crippen LogP contribution in [0.4, 0.5) is 5.69 Å². The fraction of sp³-hybridized carbons (Fsp3) is 0.200. The molecule has 0 atom stereocenters. The van der Waals surface area contributed by atoms with Crippen molar-refractivity contribution in [2.24, 2.45) is 0 Å². The number of hydrogen-bond donors (Lipinski definition) is 1. The van der Waals surface area contributed by atoms with Crippen LogP contribution >= 0.6 is 0 Å². The molecule has 1 heterocycles. The van der Waals surface area contributed by atoms with E-state index in [4.69, 9.17) is 14.2 Å². The van der Waals surface area contributed by atoms with E-state index in [1.807, 2.05) is 19.9 Å². The van der Waals surface area contributed by atoms with Crippen molar-refractivity contribution in [1.82, 2.24) is 9.97 Å². The molecule has 0 fully saturated rings. The third-order valence-electron chi connectivity index (χ3n) is 3.92. The number of benzene rings is 2. The van der Waals surface area contributed by atoms with Gasteiger partial charge in [-0.3, -0.25) is 4.72 Å². The fourth-order valence-corrected chi connectivity index (χ4v) is 3.73. The highest BCUT2D eigenvalue weighted by molar-refractivity contribution is 7.92. The van der Waals surface area contributed by atoms with E-state index >= 15 is 0 Å². The fourth-order valence-electron chi connectivity index (χ4n) is 2.67. The molecule has 0 saturated heterocycles. The van der Waals surface area contributed by atoms with Crippen LogP contribution in [0, 0.1) is 13.8 Å². The highest BCUT2D eigenvalue weighted by Crippen LogP contribution is 2.30. The minimum Gasteiger partial charge on any atom is -0.493 e. The topological polar surface area (TPSA) is 99.6 Å².